The molecule has 0 bridgehead atoms. The third-order valence-electron chi connectivity index (χ3n) is 3.93. The van der Waals surface area contributed by atoms with Crippen LogP contribution in [0.1, 0.15) is 12.5 Å². The van der Waals surface area contributed by atoms with Gasteiger partial charge in [0.1, 0.15) is 0 Å². The molecule has 0 fully saturated rings. The molecule has 0 aromatic heterocycles. The number of carbonyl (C=O) groups excluding carboxylic acids is 1. The first-order valence-electron chi connectivity index (χ1n) is 9.08. The molecule has 0 spiro atoms. The lowest BCUT2D eigenvalue weighted by Gasteiger charge is -2.10. The third kappa shape index (κ3) is 5.45. The van der Waals surface area contributed by atoms with Gasteiger partial charge in [-0.05, 0) is 35.7 Å². The van der Waals surface area contributed by atoms with Crippen molar-refractivity contribution >= 4 is 12.1 Å². The molecular weight excluding hydrogens is 352 g/mol. The van der Waals surface area contributed by atoms with E-state index in [1.54, 1.807) is 18.3 Å². The topological polar surface area (TPSA) is 59.9 Å². The van der Waals surface area contributed by atoms with Gasteiger partial charge in [-0.15, -0.1) is 0 Å². The summed E-state index contributed by atoms with van der Waals surface area (Å²) in [7, 11) is 0. The quantitative estimate of drug-likeness (QED) is 0.473. The van der Waals surface area contributed by atoms with Crippen molar-refractivity contribution in [3.63, 3.8) is 0 Å². The number of hydrazone groups is 1. The molecule has 3 aromatic rings. The summed E-state index contributed by atoms with van der Waals surface area (Å²) < 4.78 is 11.0. The Balaban J connectivity index is 1.50. The highest BCUT2D eigenvalue weighted by Gasteiger charge is 2.06. The van der Waals surface area contributed by atoms with E-state index < -0.39 is 0 Å². The van der Waals surface area contributed by atoms with Gasteiger partial charge in [-0.2, -0.15) is 5.10 Å². The van der Waals surface area contributed by atoms with E-state index in [4.69, 9.17) is 9.47 Å². The number of nitrogens with one attached hydrogen (secondary N) is 1. The molecule has 28 heavy (non-hydrogen) atoms. The van der Waals surface area contributed by atoms with Crippen molar-refractivity contribution in [1.82, 2.24) is 5.43 Å². The molecule has 142 valence electrons. The Kier molecular flexibility index (Phi) is 6.79. The summed E-state index contributed by atoms with van der Waals surface area (Å²) in [6.45, 7) is 2.28. The van der Waals surface area contributed by atoms with Crippen LogP contribution in [0.15, 0.2) is 84.0 Å². The first-order valence-corrected chi connectivity index (χ1v) is 9.08. The molecule has 3 aromatic carbocycles. The van der Waals surface area contributed by atoms with E-state index in [0.29, 0.717) is 18.1 Å². The number of benzene rings is 3. The van der Waals surface area contributed by atoms with Crippen molar-refractivity contribution in [3.05, 3.63) is 84.4 Å². The van der Waals surface area contributed by atoms with E-state index in [-0.39, 0.29) is 12.5 Å². The SMILES string of the molecule is CCOc1ccccc1OCC(=O)N/N=C\c1ccc(-c2ccccc2)cc1. The highest BCUT2D eigenvalue weighted by Crippen LogP contribution is 2.26. The van der Waals surface area contributed by atoms with Crippen LogP contribution < -0.4 is 14.9 Å². The lowest BCUT2D eigenvalue weighted by Crippen LogP contribution is -2.24. The molecule has 5 nitrogen and oxygen atoms in total. The first-order chi connectivity index (χ1) is 13.8. The number of rotatable bonds is 8. The Morgan fingerprint density at radius 1 is 0.857 bits per heavy atom. The zero-order valence-electron chi connectivity index (χ0n) is 15.7. The summed E-state index contributed by atoms with van der Waals surface area (Å²) in [5.74, 6) is 0.795. The molecule has 0 aliphatic rings. The summed E-state index contributed by atoms with van der Waals surface area (Å²) in [6.07, 6.45) is 1.60. The Labute approximate surface area is 164 Å². The summed E-state index contributed by atoms with van der Waals surface area (Å²) in [6, 6.07) is 25.3. The van der Waals surface area contributed by atoms with Crippen molar-refractivity contribution in [1.29, 1.82) is 0 Å². The highest BCUT2D eigenvalue weighted by molar-refractivity contribution is 5.83. The lowest BCUT2D eigenvalue weighted by atomic mass is 10.0. The van der Waals surface area contributed by atoms with Crippen molar-refractivity contribution in [3.8, 4) is 22.6 Å². The maximum atomic E-state index is 11.9. The van der Waals surface area contributed by atoms with E-state index >= 15 is 0 Å². The molecular formula is C23H22N2O3. The van der Waals surface area contributed by atoms with Gasteiger partial charge in [-0.1, -0.05) is 66.7 Å². The molecule has 0 aliphatic heterocycles. The molecule has 3 rings (SSSR count). The first kappa shape index (κ1) is 19.2. The second-order valence-corrected chi connectivity index (χ2v) is 5.95. The van der Waals surface area contributed by atoms with Gasteiger partial charge in [0, 0.05) is 0 Å². The fourth-order valence-electron chi connectivity index (χ4n) is 2.59. The highest BCUT2D eigenvalue weighted by atomic mass is 16.5. The molecule has 1 N–H and O–H groups in total. The Morgan fingerprint density at radius 2 is 1.46 bits per heavy atom. The predicted molar refractivity (Wildman–Crippen MR) is 111 cm³/mol. The van der Waals surface area contributed by atoms with Crippen LogP contribution in [0, 0.1) is 0 Å². The number of hydrogen-bond donors (Lipinski definition) is 1. The second-order valence-electron chi connectivity index (χ2n) is 5.95. The number of para-hydroxylation sites is 2. The maximum Gasteiger partial charge on any atom is 0.277 e. The molecule has 0 unspecified atom stereocenters. The van der Waals surface area contributed by atoms with Gasteiger partial charge < -0.3 is 9.47 Å². The maximum absolute atomic E-state index is 11.9. The monoisotopic (exact) mass is 374 g/mol. The summed E-state index contributed by atoms with van der Waals surface area (Å²) in [5, 5.41) is 3.98. The number of hydrogen-bond acceptors (Lipinski definition) is 4. The number of ether oxygens (including phenoxy) is 2. The number of amides is 1. The van der Waals surface area contributed by atoms with Gasteiger partial charge in [-0.3, -0.25) is 4.79 Å². The summed E-state index contributed by atoms with van der Waals surface area (Å²) in [4.78, 5) is 11.9. The van der Waals surface area contributed by atoms with Gasteiger partial charge in [0.15, 0.2) is 18.1 Å². The lowest BCUT2D eigenvalue weighted by molar-refractivity contribution is -0.123. The van der Waals surface area contributed by atoms with Crippen LogP contribution in [0.25, 0.3) is 11.1 Å². The van der Waals surface area contributed by atoms with Crippen molar-refractivity contribution < 1.29 is 14.3 Å². The summed E-state index contributed by atoms with van der Waals surface area (Å²) >= 11 is 0. The van der Waals surface area contributed by atoms with Crippen LogP contribution in [0.5, 0.6) is 11.5 Å². The largest absolute Gasteiger partial charge is 0.490 e. The third-order valence-corrected chi connectivity index (χ3v) is 3.93. The predicted octanol–water partition coefficient (Wildman–Crippen LogP) is 4.28. The molecule has 5 heteroatoms. The Morgan fingerprint density at radius 3 is 2.14 bits per heavy atom. The molecule has 0 saturated carbocycles. The van der Waals surface area contributed by atoms with E-state index in [1.807, 2.05) is 61.5 Å². The smallest absolute Gasteiger partial charge is 0.277 e. The van der Waals surface area contributed by atoms with Gasteiger partial charge in [0.05, 0.1) is 12.8 Å². The Hall–Kier alpha value is -3.60. The van der Waals surface area contributed by atoms with Crippen LogP contribution in [-0.2, 0) is 4.79 Å². The van der Waals surface area contributed by atoms with Crippen molar-refractivity contribution in [2.24, 2.45) is 5.10 Å². The normalized spacial score (nSPS) is 10.6. The van der Waals surface area contributed by atoms with Crippen LogP contribution in [-0.4, -0.2) is 25.3 Å². The number of nitrogens with zero attached hydrogens (tertiary/aromatic N) is 1. The van der Waals surface area contributed by atoms with E-state index in [1.165, 1.54) is 0 Å². The molecule has 0 heterocycles. The fraction of sp³-hybridized carbons (Fsp3) is 0.130. The minimum Gasteiger partial charge on any atom is -0.490 e. The standard InChI is InChI=1S/C23H22N2O3/c1-2-27-21-10-6-7-11-22(21)28-17-23(26)25-24-16-18-12-14-20(15-13-18)19-8-4-3-5-9-19/h3-16H,2,17H2,1H3,(H,25,26)/b24-16-. The molecule has 1 amide bonds. The van der Waals surface area contributed by atoms with Gasteiger partial charge in [0.2, 0.25) is 0 Å². The summed E-state index contributed by atoms with van der Waals surface area (Å²) in [5.41, 5.74) is 5.64. The minimum atomic E-state index is -0.344. The molecule has 0 atom stereocenters. The van der Waals surface area contributed by atoms with Crippen LogP contribution in [0.4, 0.5) is 0 Å². The van der Waals surface area contributed by atoms with E-state index in [0.717, 1.165) is 16.7 Å². The fourth-order valence-corrected chi connectivity index (χ4v) is 2.59. The van der Waals surface area contributed by atoms with Crippen LogP contribution >= 0.6 is 0 Å². The average Bonchev–Trinajstić information content (AvgIpc) is 2.74. The van der Waals surface area contributed by atoms with Gasteiger partial charge in [-0.25, -0.2) is 5.43 Å². The molecule has 0 aliphatic carbocycles. The van der Waals surface area contributed by atoms with Gasteiger partial charge >= 0.3 is 0 Å². The zero-order valence-corrected chi connectivity index (χ0v) is 15.7. The van der Waals surface area contributed by atoms with Crippen LogP contribution in [0.2, 0.25) is 0 Å². The number of carbonyl (C=O) groups is 1. The Bertz CT molecular complexity index is 922. The minimum absolute atomic E-state index is 0.144. The average molecular weight is 374 g/mol. The van der Waals surface area contributed by atoms with E-state index in [9.17, 15) is 4.79 Å². The van der Waals surface area contributed by atoms with Gasteiger partial charge in [0.25, 0.3) is 5.91 Å². The van der Waals surface area contributed by atoms with E-state index in [2.05, 4.69) is 22.7 Å². The molecule has 0 saturated heterocycles. The van der Waals surface area contributed by atoms with Crippen LogP contribution in [0.3, 0.4) is 0 Å². The molecule has 0 radical (unpaired) electrons. The van der Waals surface area contributed by atoms with Crippen molar-refractivity contribution in [2.45, 2.75) is 6.92 Å². The zero-order chi connectivity index (χ0) is 19.6. The van der Waals surface area contributed by atoms with Crippen molar-refractivity contribution in [2.75, 3.05) is 13.2 Å². The second kappa shape index (κ2) is 9.92.